The summed E-state index contributed by atoms with van der Waals surface area (Å²) in [5.41, 5.74) is 0. The van der Waals surface area contributed by atoms with E-state index in [1.54, 1.807) is 0 Å². The first-order valence-electron chi connectivity index (χ1n) is 9.19. The van der Waals surface area contributed by atoms with Crippen LogP contribution in [0.1, 0.15) is 19.8 Å². The van der Waals surface area contributed by atoms with Gasteiger partial charge in [-0.3, -0.25) is 0 Å². The first-order valence-corrected chi connectivity index (χ1v) is 9.19. The lowest BCUT2D eigenvalue weighted by molar-refractivity contribution is 0.0222. The number of aliphatic hydroxyl groups is 8. The predicted octanol–water partition coefficient (Wildman–Crippen LogP) is -2.90. The van der Waals surface area contributed by atoms with E-state index in [9.17, 15) is 0 Å². The van der Waals surface area contributed by atoms with Crippen molar-refractivity contribution in [1.82, 2.24) is 0 Å². The molecule has 28 heavy (non-hydrogen) atoms. The maximum absolute atomic E-state index is 8.26. The Balaban J connectivity index is -0.000000142. The van der Waals surface area contributed by atoms with Crippen molar-refractivity contribution in [3.05, 3.63) is 0 Å². The first-order chi connectivity index (χ1) is 13.5. The summed E-state index contributed by atoms with van der Waals surface area (Å²) < 4.78 is 14.4. The summed E-state index contributed by atoms with van der Waals surface area (Å²) in [6.07, 6.45) is 0.877. The Morgan fingerprint density at radius 1 is 0.500 bits per heavy atom. The Bertz CT molecular complexity index is 194. The van der Waals surface area contributed by atoms with Gasteiger partial charge >= 0.3 is 0 Å². The quantitative estimate of drug-likeness (QED) is 0.126. The highest BCUT2D eigenvalue weighted by atomic mass is 16.5. The monoisotopic (exact) mass is 422 g/mol. The highest BCUT2D eigenvalue weighted by Gasteiger charge is 1.86. The summed E-state index contributed by atoms with van der Waals surface area (Å²) >= 11 is 0. The van der Waals surface area contributed by atoms with Gasteiger partial charge in [0.2, 0.25) is 0 Å². The SMILES string of the molecule is CC(O)CO.OCCCCO.OCCOCCO.OCCOCCOCCO. The summed E-state index contributed by atoms with van der Waals surface area (Å²) in [5, 5.41) is 64.9. The van der Waals surface area contributed by atoms with Gasteiger partial charge in [0.1, 0.15) is 0 Å². The predicted molar refractivity (Wildman–Crippen MR) is 103 cm³/mol. The van der Waals surface area contributed by atoms with Crippen LogP contribution in [0, 0.1) is 0 Å². The van der Waals surface area contributed by atoms with Gasteiger partial charge in [-0.2, -0.15) is 0 Å². The summed E-state index contributed by atoms with van der Waals surface area (Å²) in [6, 6.07) is 0. The standard InChI is InChI=1S/C6H14O4.C4H10O3.C4H10O2.C3H8O2/c7-1-3-9-5-6-10-4-2-8;5-1-3-7-4-2-6;5-3-1-2-4-6;1-3(5)2-4/h7-8H,1-6H2;5-6H,1-4H2;5-6H,1-4H2;3-5H,2H2,1H3. The lowest BCUT2D eigenvalue weighted by Gasteiger charge is -2.01. The van der Waals surface area contributed by atoms with E-state index < -0.39 is 6.10 Å². The molecule has 0 spiro atoms. The van der Waals surface area contributed by atoms with Crippen LogP contribution in [0.25, 0.3) is 0 Å². The number of ether oxygens (including phenoxy) is 3. The van der Waals surface area contributed by atoms with Gasteiger partial charge in [0.15, 0.2) is 0 Å². The lowest BCUT2D eigenvalue weighted by Crippen LogP contribution is -2.09. The van der Waals surface area contributed by atoms with Gasteiger partial charge < -0.3 is 55.1 Å². The lowest BCUT2D eigenvalue weighted by atomic mass is 10.3. The molecular formula is C17H42O11. The summed E-state index contributed by atoms with van der Waals surface area (Å²) in [5.74, 6) is 0. The minimum absolute atomic E-state index is 0.0278. The molecule has 0 bridgehead atoms. The fourth-order valence-electron chi connectivity index (χ4n) is 0.906. The van der Waals surface area contributed by atoms with Gasteiger partial charge in [-0.15, -0.1) is 0 Å². The van der Waals surface area contributed by atoms with Gasteiger partial charge in [0.25, 0.3) is 0 Å². The van der Waals surface area contributed by atoms with Gasteiger partial charge in [0, 0.05) is 13.2 Å². The molecule has 0 aromatic heterocycles. The molecule has 11 nitrogen and oxygen atoms in total. The average Bonchev–Trinajstić information content (AvgIpc) is 2.71. The molecule has 0 aromatic carbocycles. The molecule has 0 rings (SSSR count). The summed E-state index contributed by atoms with van der Waals surface area (Å²) in [6.45, 7) is 4.20. The van der Waals surface area contributed by atoms with Gasteiger partial charge in [-0.05, 0) is 19.8 Å². The van der Waals surface area contributed by atoms with Crippen molar-refractivity contribution >= 4 is 0 Å². The van der Waals surface area contributed by atoms with Gasteiger partial charge in [0.05, 0.1) is 78.8 Å². The highest BCUT2D eigenvalue weighted by Crippen LogP contribution is 1.80. The maximum Gasteiger partial charge on any atom is 0.0742 e. The average molecular weight is 423 g/mol. The molecule has 0 saturated heterocycles. The molecule has 11 heteroatoms. The van der Waals surface area contributed by atoms with Crippen molar-refractivity contribution in [2.24, 2.45) is 0 Å². The Morgan fingerprint density at radius 3 is 0.929 bits per heavy atom. The Hall–Kier alpha value is -0.440. The summed E-state index contributed by atoms with van der Waals surface area (Å²) in [7, 11) is 0. The second-order valence-corrected chi connectivity index (χ2v) is 4.92. The minimum atomic E-state index is -0.560. The fourth-order valence-corrected chi connectivity index (χ4v) is 0.906. The molecular weight excluding hydrogens is 380 g/mol. The molecule has 0 fully saturated rings. The Kier molecular flexibility index (Phi) is 51.3. The number of hydrogen-bond donors (Lipinski definition) is 8. The number of unbranched alkanes of at least 4 members (excludes halogenated alkanes) is 1. The molecule has 176 valence electrons. The topological polar surface area (TPSA) is 190 Å². The Labute approximate surface area is 167 Å². The third-order valence-corrected chi connectivity index (χ3v) is 2.14. The van der Waals surface area contributed by atoms with E-state index in [1.165, 1.54) is 6.92 Å². The smallest absolute Gasteiger partial charge is 0.0742 e. The van der Waals surface area contributed by atoms with Gasteiger partial charge in [-0.1, -0.05) is 0 Å². The van der Waals surface area contributed by atoms with Crippen molar-refractivity contribution in [1.29, 1.82) is 0 Å². The van der Waals surface area contributed by atoms with Crippen LogP contribution >= 0.6 is 0 Å². The van der Waals surface area contributed by atoms with Crippen LogP contribution in [0.5, 0.6) is 0 Å². The van der Waals surface area contributed by atoms with Gasteiger partial charge in [-0.25, -0.2) is 0 Å². The second-order valence-electron chi connectivity index (χ2n) is 4.92. The molecule has 1 atom stereocenters. The van der Waals surface area contributed by atoms with E-state index in [0.29, 0.717) is 39.6 Å². The molecule has 0 aromatic rings. The molecule has 8 N–H and O–H groups in total. The van der Waals surface area contributed by atoms with Crippen LogP contribution in [-0.4, -0.2) is 133 Å². The van der Waals surface area contributed by atoms with Crippen LogP contribution in [0.2, 0.25) is 0 Å². The molecule has 1 unspecified atom stereocenters. The third kappa shape index (κ3) is 63.7. The summed E-state index contributed by atoms with van der Waals surface area (Å²) in [4.78, 5) is 0. The number of rotatable bonds is 15. The molecule has 0 heterocycles. The van der Waals surface area contributed by atoms with E-state index in [2.05, 4.69) is 4.74 Å². The van der Waals surface area contributed by atoms with Crippen molar-refractivity contribution in [2.75, 3.05) is 85.9 Å². The molecule has 0 aliphatic rings. The first kappa shape index (κ1) is 35.0. The zero-order valence-electron chi connectivity index (χ0n) is 17.0. The zero-order chi connectivity index (χ0) is 22.3. The van der Waals surface area contributed by atoms with Crippen molar-refractivity contribution in [3.8, 4) is 0 Å². The number of aliphatic hydroxyl groups excluding tert-OH is 8. The van der Waals surface area contributed by atoms with E-state index in [-0.39, 0.29) is 46.2 Å². The van der Waals surface area contributed by atoms with E-state index in [1.807, 2.05) is 0 Å². The largest absolute Gasteiger partial charge is 0.396 e. The molecule has 0 aliphatic carbocycles. The van der Waals surface area contributed by atoms with E-state index >= 15 is 0 Å². The second kappa shape index (κ2) is 41.0. The molecule has 0 saturated carbocycles. The number of hydrogen-bond acceptors (Lipinski definition) is 11. The molecule has 0 aliphatic heterocycles. The maximum atomic E-state index is 8.26. The zero-order valence-corrected chi connectivity index (χ0v) is 17.0. The normalized spacial score (nSPS) is 10.6. The van der Waals surface area contributed by atoms with Crippen LogP contribution in [0.15, 0.2) is 0 Å². The molecule has 0 amide bonds. The van der Waals surface area contributed by atoms with Crippen molar-refractivity contribution < 1.29 is 55.1 Å². The van der Waals surface area contributed by atoms with Crippen molar-refractivity contribution in [3.63, 3.8) is 0 Å². The van der Waals surface area contributed by atoms with Crippen LogP contribution in [0.4, 0.5) is 0 Å². The van der Waals surface area contributed by atoms with Crippen LogP contribution in [0.3, 0.4) is 0 Å². The minimum Gasteiger partial charge on any atom is -0.396 e. The van der Waals surface area contributed by atoms with Crippen LogP contribution < -0.4 is 0 Å². The molecule has 0 radical (unpaired) electrons. The van der Waals surface area contributed by atoms with Crippen LogP contribution in [-0.2, 0) is 14.2 Å². The fraction of sp³-hybridized carbons (Fsp3) is 1.00. The van der Waals surface area contributed by atoms with Crippen molar-refractivity contribution in [2.45, 2.75) is 25.9 Å². The van der Waals surface area contributed by atoms with E-state index in [0.717, 1.165) is 12.8 Å². The Morgan fingerprint density at radius 2 is 0.750 bits per heavy atom. The van der Waals surface area contributed by atoms with E-state index in [4.69, 9.17) is 50.3 Å². The highest BCUT2D eigenvalue weighted by molar-refractivity contribution is 4.34. The third-order valence-electron chi connectivity index (χ3n) is 2.14.